The van der Waals surface area contributed by atoms with Crippen LogP contribution in [-0.4, -0.2) is 0 Å². The van der Waals surface area contributed by atoms with Crippen LogP contribution in [0.5, 0.6) is 0 Å². The van der Waals surface area contributed by atoms with Gasteiger partial charge in [-0.05, 0) is 68.1 Å². The maximum Gasteiger partial charge on any atom is -0.0326 e. The van der Waals surface area contributed by atoms with Gasteiger partial charge in [0.2, 0.25) is 0 Å². The van der Waals surface area contributed by atoms with Crippen LogP contribution in [-0.2, 0) is 0 Å². The molecule has 0 heterocycles. The van der Waals surface area contributed by atoms with Gasteiger partial charge in [-0.15, -0.1) is 0 Å². The minimum Gasteiger partial charge on any atom is -0.0654 e. The lowest BCUT2D eigenvalue weighted by Gasteiger charge is -2.42. The first kappa shape index (κ1) is 23.3. The molecule has 27 heavy (non-hydrogen) atoms. The molecule has 0 bridgehead atoms. The first-order chi connectivity index (χ1) is 13.2. The third-order valence-corrected chi connectivity index (χ3v) is 8.40. The van der Waals surface area contributed by atoms with E-state index >= 15 is 0 Å². The minimum absolute atomic E-state index is 0.693. The Morgan fingerprint density at radius 1 is 0.593 bits per heavy atom. The number of unbranched alkanes of at least 4 members (excludes halogenated alkanes) is 8. The minimum atomic E-state index is 0.693. The first-order valence-corrected chi connectivity index (χ1v) is 13.2. The largest absolute Gasteiger partial charge is 0.0654 e. The van der Waals surface area contributed by atoms with Crippen LogP contribution >= 0.6 is 0 Å². The lowest BCUT2D eigenvalue weighted by Crippen LogP contribution is -2.30. The molecular weight excluding hydrogens is 324 g/mol. The van der Waals surface area contributed by atoms with Crippen molar-refractivity contribution in [3.05, 3.63) is 0 Å². The second-order valence-electron chi connectivity index (χ2n) is 10.8. The summed E-state index contributed by atoms with van der Waals surface area (Å²) in [5, 5.41) is 0. The average Bonchev–Trinajstić information content (AvgIpc) is 2.69. The van der Waals surface area contributed by atoms with E-state index in [4.69, 9.17) is 0 Å². The molecule has 2 rings (SSSR count). The van der Waals surface area contributed by atoms with Gasteiger partial charge in [0.1, 0.15) is 0 Å². The lowest BCUT2D eigenvalue weighted by atomic mass is 9.63. The van der Waals surface area contributed by atoms with Crippen LogP contribution in [0.2, 0.25) is 0 Å². The van der Waals surface area contributed by atoms with E-state index in [0.29, 0.717) is 5.41 Å². The van der Waals surface area contributed by atoms with Gasteiger partial charge in [-0.2, -0.15) is 0 Å². The molecule has 0 amide bonds. The van der Waals surface area contributed by atoms with E-state index in [1.807, 2.05) is 0 Å². The molecular formula is C27H52. The van der Waals surface area contributed by atoms with Crippen LogP contribution < -0.4 is 0 Å². The maximum absolute atomic E-state index is 2.61. The van der Waals surface area contributed by atoms with Crippen molar-refractivity contribution in [1.82, 2.24) is 0 Å². The molecule has 0 atom stereocenters. The smallest absolute Gasteiger partial charge is 0.0326 e. The molecule has 0 N–H and O–H groups in total. The van der Waals surface area contributed by atoms with Crippen molar-refractivity contribution in [2.45, 2.75) is 149 Å². The number of hydrogen-bond donors (Lipinski definition) is 0. The average molecular weight is 377 g/mol. The second-order valence-corrected chi connectivity index (χ2v) is 10.8. The fraction of sp³-hybridized carbons (Fsp3) is 1.00. The molecule has 0 aromatic rings. The summed E-state index contributed by atoms with van der Waals surface area (Å²) in [5.41, 5.74) is 0.693. The third kappa shape index (κ3) is 8.91. The molecule has 0 aromatic carbocycles. The van der Waals surface area contributed by atoms with Crippen molar-refractivity contribution < 1.29 is 0 Å². The lowest BCUT2D eigenvalue weighted by molar-refractivity contribution is 0.0948. The molecule has 0 aliphatic heterocycles. The van der Waals surface area contributed by atoms with Crippen molar-refractivity contribution in [3.63, 3.8) is 0 Å². The molecule has 0 aromatic heterocycles. The van der Waals surface area contributed by atoms with Crippen molar-refractivity contribution in [1.29, 1.82) is 0 Å². The quantitative estimate of drug-likeness (QED) is 0.280. The van der Waals surface area contributed by atoms with Gasteiger partial charge in [0.25, 0.3) is 0 Å². The van der Waals surface area contributed by atoms with Gasteiger partial charge in [0, 0.05) is 0 Å². The summed E-state index contributed by atoms with van der Waals surface area (Å²) in [6.45, 7) is 7.25. The van der Waals surface area contributed by atoms with Crippen molar-refractivity contribution >= 4 is 0 Å². The van der Waals surface area contributed by atoms with E-state index in [0.717, 1.165) is 17.8 Å². The van der Waals surface area contributed by atoms with Crippen LogP contribution in [0.25, 0.3) is 0 Å². The van der Waals surface area contributed by atoms with Gasteiger partial charge in [0.05, 0.1) is 0 Å². The van der Waals surface area contributed by atoms with E-state index < -0.39 is 0 Å². The highest BCUT2D eigenvalue weighted by molar-refractivity contribution is 4.86. The SMILES string of the molecule is CCCCCCCC1CCC(C2CCC(C)(CCCCCCC)CC2)CC1. The predicted octanol–water partition coefficient (Wildman–Crippen LogP) is 9.71. The van der Waals surface area contributed by atoms with Crippen LogP contribution in [0, 0.1) is 23.2 Å². The predicted molar refractivity (Wildman–Crippen MR) is 122 cm³/mol. The Kier molecular flexibility index (Phi) is 11.4. The van der Waals surface area contributed by atoms with Gasteiger partial charge >= 0.3 is 0 Å². The van der Waals surface area contributed by atoms with Gasteiger partial charge in [-0.3, -0.25) is 0 Å². The van der Waals surface area contributed by atoms with E-state index in [-0.39, 0.29) is 0 Å². The highest BCUT2D eigenvalue weighted by Crippen LogP contribution is 2.47. The summed E-state index contributed by atoms with van der Waals surface area (Å²) < 4.78 is 0. The topological polar surface area (TPSA) is 0 Å². The van der Waals surface area contributed by atoms with Crippen LogP contribution in [0.4, 0.5) is 0 Å². The van der Waals surface area contributed by atoms with Crippen molar-refractivity contribution in [3.8, 4) is 0 Å². The summed E-state index contributed by atoms with van der Waals surface area (Å²) in [5.74, 6) is 3.26. The molecule has 2 saturated carbocycles. The first-order valence-electron chi connectivity index (χ1n) is 13.2. The monoisotopic (exact) mass is 376 g/mol. The second kappa shape index (κ2) is 13.3. The molecule has 0 heteroatoms. The highest BCUT2D eigenvalue weighted by Gasteiger charge is 2.35. The van der Waals surface area contributed by atoms with E-state index in [1.54, 1.807) is 38.5 Å². The fourth-order valence-corrected chi connectivity index (χ4v) is 6.20. The Hall–Kier alpha value is 0. The van der Waals surface area contributed by atoms with E-state index in [9.17, 15) is 0 Å². The van der Waals surface area contributed by atoms with Gasteiger partial charge in [-0.1, -0.05) is 104 Å². The Labute approximate surface area is 172 Å². The fourth-order valence-electron chi connectivity index (χ4n) is 6.20. The van der Waals surface area contributed by atoms with Gasteiger partial charge in [-0.25, -0.2) is 0 Å². The summed E-state index contributed by atoms with van der Waals surface area (Å²) in [4.78, 5) is 0. The summed E-state index contributed by atoms with van der Waals surface area (Å²) in [7, 11) is 0. The zero-order valence-corrected chi connectivity index (χ0v) is 19.4. The Morgan fingerprint density at radius 3 is 1.70 bits per heavy atom. The molecule has 2 fully saturated rings. The molecule has 0 nitrogen and oxygen atoms in total. The van der Waals surface area contributed by atoms with Gasteiger partial charge < -0.3 is 0 Å². The van der Waals surface area contributed by atoms with Gasteiger partial charge in [0.15, 0.2) is 0 Å². The standard InChI is InChI=1S/C27H52/c1-4-6-8-10-12-14-24-15-17-25(18-16-24)26-19-22-27(3,23-20-26)21-13-11-9-7-5-2/h24-26H,4-23H2,1-3H3. The molecule has 2 aliphatic carbocycles. The molecule has 0 saturated heterocycles. The van der Waals surface area contributed by atoms with Crippen LogP contribution in [0.3, 0.4) is 0 Å². The summed E-state index contributed by atoms with van der Waals surface area (Å²) in [6, 6.07) is 0. The Morgan fingerprint density at radius 2 is 1.11 bits per heavy atom. The Bertz CT molecular complexity index is 341. The highest BCUT2D eigenvalue weighted by atomic mass is 14.4. The third-order valence-electron chi connectivity index (χ3n) is 8.40. The molecule has 0 spiro atoms. The van der Waals surface area contributed by atoms with Crippen molar-refractivity contribution in [2.24, 2.45) is 23.2 Å². The summed E-state index contributed by atoms with van der Waals surface area (Å²) >= 11 is 0. The van der Waals surface area contributed by atoms with Crippen LogP contribution in [0.15, 0.2) is 0 Å². The van der Waals surface area contributed by atoms with E-state index in [1.165, 1.54) is 89.9 Å². The molecule has 0 radical (unpaired) electrons. The normalized spacial score (nSPS) is 31.9. The maximum atomic E-state index is 2.61. The number of hydrogen-bond acceptors (Lipinski definition) is 0. The van der Waals surface area contributed by atoms with Crippen LogP contribution in [0.1, 0.15) is 149 Å². The molecule has 2 aliphatic rings. The zero-order chi connectivity index (χ0) is 19.4. The van der Waals surface area contributed by atoms with Crippen molar-refractivity contribution in [2.75, 3.05) is 0 Å². The molecule has 0 unspecified atom stereocenters. The van der Waals surface area contributed by atoms with E-state index in [2.05, 4.69) is 20.8 Å². The number of rotatable bonds is 13. The summed E-state index contributed by atoms with van der Waals surface area (Å²) in [6.07, 6.45) is 30.0. The zero-order valence-electron chi connectivity index (χ0n) is 19.4. The molecule has 160 valence electrons. The Balaban J connectivity index is 1.56.